The third-order valence-corrected chi connectivity index (χ3v) is 5.52. The zero-order chi connectivity index (χ0) is 23.3. The normalized spacial score (nSPS) is 12.9. The molecule has 0 saturated heterocycles. The van der Waals surface area contributed by atoms with Crippen LogP contribution < -0.4 is 5.32 Å². The van der Waals surface area contributed by atoms with E-state index in [1.807, 2.05) is 25.1 Å². The van der Waals surface area contributed by atoms with Gasteiger partial charge in [0.25, 0.3) is 0 Å². The number of hydrogen-bond donors (Lipinski definition) is 2. The molecule has 3 heterocycles. The fraction of sp³-hybridized carbons (Fsp3) is 0.238. The van der Waals surface area contributed by atoms with E-state index in [1.165, 1.54) is 6.20 Å². The van der Waals surface area contributed by atoms with E-state index in [1.54, 1.807) is 29.4 Å². The van der Waals surface area contributed by atoms with Gasteiger partial charge in [-0.3, -0.25) is 0 Å². The molecule has 0 fully saturated rings. The fourth-order valence-corrected chi connectivity index (χ4v) is 3.57. The molecule has 32 heavy (non-hydrogen) atoms. The zero-order valence-corrected chi connectivity index (χ0v) is 18.8. The summed E-state index contributed by atoms with van der Waals surface area (Å²) in [6.45, 7) is 2.02. The summed E-state index contributed by atoms with van der Waals surface area (Å²) in [6.07, 6.45) is 0.640. The Hall–Kier alpha value is -2.85. The molecular formula is C21H20ClF3N6S. The first-order valence-corrected chi connectivity index (χ1v) is 11.0. The number of aromatic nitrogens is 4. The zero-order valence-electron chi connectivity index (χ0n) is 17.2. The first-order valence-electron chi connectivity index (χ1n) is 9.51. The van der Waals surface area contributed by atoms with Gasteiger partial charge in [-0.2, -0.15) is 24.9 Å². The topological polar surface area (TPSA) is 79.5 Å². The lowest BCUT2D eigenvalue weighted by Crippen LogP contribution is -2.05. The van der Waals surface area contributed by atoms with Crippen LogP contribution in [0.1, 0.15) is 24.0 Å². The third-order valence-electron chi connectivity index (χ3n) is 4.37. The molecule has 6 nitrogen and oxygen atoms in total. The van der Waals surface area contributed by atoms with Crippen molar-refractivity contribution in [3.05, 3.63) is 58.8 Å². The number of pyridine rings is 2. The van der Waals surface area contributed by atoms with Crippen molar-refractivity contribution in [2.75, 3.05) is 16.8 Å². The minimum atomic E-state index is -4.48. The van der Waals surface area contributed by atoms with E-state index in [9.17, 15) is 13.2 Å². The van der Waals surface area contributed by atoms with E-state index in [2.05, 4.69) is 20.3 Å². The number of aryl methyl sites for hydroxylation is 1. The average molecular weight is 481 g/mol. The molecule has 3 rings (SSSR count). The number of alkyl halides is 3. The van der Waals surface area contributed by atoms with Crippen molar-refractivity contribution in [2.24, 2.45) is 7.05 Å². The Bertz CT molecular complexity index is 1190. The van der Waals surface area contributed by atoms with Gasteiger partial charge in [0.2, 0.25) is 0 Å². The number of hydrogen-bond acceptors (Lipinski definition) is 6. The summed E-state index contributed by atoms with van der Waals surface area (Å²) in [7, 11) is 1.73. The lowest BCUT2D eigenvalue weighted by atomic mass is 10.2. The highest BCUT2D eigenvalue weighted by molar-refractivity contribution is 7.99. The summed E-state index contributed by atoms with van der Waals surface area (Å²) in [6, 6.07) is 6.38. The van der Waals surface area contributed by atoms with Crippen molar-refractivity contribution in [3.63, 3.8) is 0 Å². The molecule has 2 N–H and O–H groups in total. The number of nitrogens with zero attached hydrogens (tertiary/aromatic N) is 4. The van der Waals surface area contributed by atoms with Crippen LogP contribution in [0.4, 0.5) is 19.0 Å². The van der Waals surface area contributed by atoms with E-state index < -0.39 is 11.7 Å². The second-order valence-corrected chi connectivity index (χ2v) is 8.34. The summed E-state index contributed by atoms with van der Waals surface area (Å²) in [5, 5.41) is 10.2. The van der Waals surface area contributed by atoms with Gasteiger partial charge >= 0.3 is 6.18 Å². The minimum absolute atomic E-state index is 0.180. The number of halogens is 4. The van der Waals surface area contributed by atoms with Crippen molar-refractivity contribution in [1.82, 2.24) is 19.5 Å². The Labute approximate surface area is 192 Å². The number of anilines is 1. The van der Waals surface area contributed by atoms with Gasteiger partial charge in [0.15, 0.2) is 5.65 Å². The second kappa shape index (κ2) is 10.2. The van der Waals surface area contributed by atoms with Gasteiger partial charge in [0.1, 0.15) is 17.2 Å². The number of rotatable bonds is 8. The highest BCUT2D eigenvalue weighted by atomic mass is 35.5. The van der Waals surface area contributed by atoms with Crippen LogP contribution in [0.15, 0.2) is 41.7 Å². The standard InChI is InChI=1S/C21H20ClF3N6S/c1-3-32-12-13(7-16-5-4-6-18(29-16)27-11-15(22)9-26)19-30-17-8-14(21(23,24)25)10-28-20(17)31(19)2/h4-11,26H,3,12H2,1-2H3,(H,27,29)/b13-7+,15-11+,26-9?. The lowest BCUT2D eigenvalue weighted by Gasteiger charge is -2.08. The summed E-state index contributed by atoms with van der Waals surface area (Å²) < 4.78 is 40.9. The van der Waals surface area contributed by atoms with Gasteiger partial charge < -0.3 is 15.3 Å². The Balaban J connectivity index is 2.03. The predicted molar refractivity (Wildman–Crippen MR) is 125 cm³/mol. The van der Waals surface area contributed by atoms with Gasteiger partial charge in [0, 0.05) is 37.0 Å². The van der Waals surface area contributed by atoms with Gasteiger partial charge in [0.05, 0.1) is 16.3 Å². The maximum absolute atomic E-state index is 13.1. The molecule has 0 saturated carbocycles. The van der Waals surface area contributed by atoms with Crippen molar-refractivity contribution in [1.29, 1.82) is 5.41 Å². The second-order valence-electron chi connectivity index (χ2n) is 6.63. The van der Waals surface area contributed by atoms with Crippen LogP contribution in [-0.2, 0) is 13.2 Å². The molecule has 0 aliphatic rings. The van der Waals surface area contributed by atoms with E-state index in [4.69, 9.17) is 17.0 Å². The molecule has 0 spiro atoms. The van der Waals surface area contributed by atoms with Crippen LogP contribution >= 0.6 is 23.4 Å². The summed E-state index contributed by atoms with van der Waals surface area (Å²) in [4.78, 5) is 12.9. The van der Waals surface area contributed by atoms with Crippen LogP contribution in [0.3, 0.4) is 0 Å². The molecule has 0 unspecified atom stereocenters. The molecule has 0 aliphatic carbocycles. The minimum Gasteiger partial charge on any atom is -0.345 e. The Morgan fingerprint density at radius 1 is 1.31 bits per heavy atom. The monoisotopic (exact) mass is 480 g/mol. The largest absolute Gasteiger partial charge is 0.417 e. The lowest BCUT2D eigenvalue weighted by molar-refractivity contribution is -0.137. The maximum atomic E-state index is 13.1. The molecule has 0 atom stereocenters. The number of nitrogens with one attached hydrogen (secondary N) is 2. The third kappa shape index (κ3) is 5.68. The molecule has 11 heteroatoms. The molecule has 0 amide bonds. The number of allylic oxidation sites excluding steroid dienone is 1. The molecule has 0 aliphatic heterocycles. The highest BCUT2D eigenvalue weighted by Crippen LogP contribution is 2.31. The van der Waals surface area contributed by atoms with Gasteiger partial charge in [-0.1, -0.05) is 24.6 Å². The molecule has 168 valence electrons. The van der Waals surface area contributed by atoms with Crippen LogP contribution in [0.5, 0.6) is 0 Å². The molecule has 0 bridgehead atoms. The van der Waals surface area contributed by atoms with Crippen molar-refractivity contribution in [2.45, 2.75) is 13.1 Å². The van der Waals surface area contributed by atoms with E-state index in [-0.39, 0.29) is 10.5 Å². The Kier molecular flexibility index (Phi) is 7.57. The average Bonchev–Trinajstić information content (AvgIpc) is 3.10. The Morgan fingerprint density at radius 2 is 2.09 bits per heavy atom. The number of thioether (sulfide) groups is 1. The van der Waals surface area contributed by atoms with Crippen LogP contribution in [0.2, 0.25) is 0 Å². The van der Waals surface area contributed by atoms with Crippen LogP contribution in [0, 0.1) is 5.41 Å². The van der Waals surface area contributed by atoms with Gasteiger partial charge in [-0.25, -0.2) is 15.0 Å². The van der Waals surface area contributed by atoms with Gasteiger partial charge in [-0.05, 0) is 30.0 Å². The summed E-state index contributed by atoms with van der Waals surface area (Å²) >= 11 is 7.46. The number of fused-ring (bicyclic) bond motifs is 1. The SMILES string of the molecule is CCSC/C(=C\c1cccc(N/C=C(/Cl)C=N)n1)c1nc2cc(C(F)(F)F)cnc2n1C. The molecule has 0 radical (unpaired) electrons. The van der Waals surface area contributed by atoms with Crippen molar-refractivity contribution < 1.29 is 13.2 Å². The first kappa shape index (κ1) is 23.8. The maximum Gasteiger partial charge on any atom is 0.417 e. The highest BCUT2D eigenvalue weighted by Gasteiger charge is 2.31. The quantitative estimate of drug-likeness (QED) is 0.397. The Morgan fingerprint density at radius 3 is 2.78 bits per heavy atom. The van der Waals surface area contributed by atoms with Gasteiger partial charge in [-0.15, -0.1) is 0 Å². The smallest absolute Gasteiger partial charge is 0.345 e. The van der Waals surface area contributed by atoms with E-state index in [0.29, 0.717) is 28.7 Å². The summed E-state index contributed by atoms with van der Waals surface area (Å²) in [5.41, 5.74) is 1.16. The molecular weight excluding hydrogens is 461 g/mol. The molecule has 3 aromatic rings. The first-order chi connectivity index (χ1) is 15.2. The van der Waals surface area contributed by atoms with E-state index >= 15 is 0 Å². The van der Waals surface area contributed by atoms with Crippen molar-refractivity contribution in [3.8, 4) is 0 Å². The summed E-state index contributed by atoms with van der Waals surface area (Å²) in [5.74, 6) is 2.51. The predicted octanol–water partition coefficient (Wildman–Crippen LogP) is 5.82. The molecule has 0 aromatic carbocycles. The fourth-order valence-electron chi connectivity index (χ4n) is 2.88. The number of imidazole rings is 1. The molecule has 3 aromatic heterocycles. The van der Waals surface area contributed by atoms with Crippen molar-refractivity contribution >= 4 is 58.2 Å². The van der Waals surface area contributed by atoms with Crippen LogP contribution in [-0.4, -0.2) is 37.2 Å². The van der Waals surface area contributed by atoms with Crippen LogP contribution in [0.25, 0.3) is 22.8 Å². The van der Waals surface area contributed by atoms with E-state index in [0.717, 1.165) is 29.8 Å².